The molecular weight excluding hydrogens is 502 g/mol. The molecule has 0 saturated carbocycles. The second-order valence-electron chi connectivity index (χ2n) is 6.20. The maximum atomic E-state index is 2.37. The molecule has 124 valence electrons. The van der Waals surface area contributed by atoms with Gasteiger partial charge in [0.25, 0.3) is 0 Å². The van der Waals surface area contributed by atoms with Crippen LogP contribution in [0.15, 0.2) is 60.7 Å². The molecule has 0 aromatic heterocycles. The minimum Gasteiger partial charge on any atom is -1.00 e. The summed E-state index contributed by atoms with van der Waals surface area (Å²) < 4.78 is 0. The number of halogens is 2. The molecule has 1 aliphatic rings. The topological polar surface area (TPSA) is 0 Å². The van der Waals surface area contributed by atoms with Crippen LogP contribution in [0.3, 0.4) is 0 Å². The largest absolute Gasteiger partial charge is 1.00 e. The summed E-state index contributed by atoms with van der Waals surface area (Å²) >= 11 is 0. The van der Waals surface area contributed by atoms with Crippen molar-refractivity contribution in [1.82, 2.24) is 0 Å². The molecule has 0 amide bonds. The zero-order valence-corrected chi connectivity index (χ0v) is 18.9. The molecule has 0 atom stereocenters. The van der Waals surface area contributed by atoms with Crippen LogP contribution in [-0.2, 0) is 25.8 Å². The second kappa shape index (κ2) is 8.56. The number of hydrogen-bond acceptors (Lipinski definition) is 0. The van der Waals surface area contributed by atoms with Crippen LogP contribution in [0.5, 0.6) is 0 Å². The molecule has 0 heterocycles. The molecule has 3 aromatic rings. The number of allylic oxidation sites excluding steroid dienone is 4. The molecule has 0 bridgehead atoms. The van der Waals surface area contributed by atoms with E-state index in [-0.39, 0.29) is 50.7 Å². The van der Waals surface area contributed by atoms with Gasteiger partial charge in [0.2, 0.25) is 0 Å². The van der Waals surface area contributed by atoms with Crippen LogP contribution < -0.4 is 24.8 Å². The Bertz CT molecular complexity index is 901. The van der Waals surface area contributed by atoms with E-state index in [0.717, 1.165) is 6.42 Å². The summed E-state index contributed by atoms with van der Waals surface area (Å²) in [6.07, 6.45) is 7.76. The van der Waals surface area contributed by atoms with E-state index in [9.17, 15) is 0 Å². The van der Waals surface area contributed by atoms with Crippen LogP contribution in [0, 0.1) is 0 Å². The van der Waals surface area contributed by atoms with Crippen LogP contribution in [0.25, 0.3) is 27.1 Å². The van der Waals surface area contributed by atoms with Gasteiger partial charge < -0.3 is 24.8 Å². The average molecular weight is 521 g/mol. The van der Waals surface area contributed by atoms with Crippen molar-refractivity contribution in [2.24, 2.45) is 0 Å². The van der Waals surface area contributed by atoms with Crippen LogP contribution in [0.4, 0.5) is 0 Å². The number of fused-ring (bicyclic) bond motifs is 3. The van der Waals surface area contributed by atoms with Gasteiger partial charge in [0.15, 0.2) is 0 Å². The maximum absolute atomic E-state index is 2.37. The van der Waals surface area contributed by atoms with Gasteiger partial charge in [-0.15, -0.1) is 33.7 Å². The summed E-state index contributed by atoms with van der Waals surface area (Å²) in [6, 6.07) is 15.7. The van der Waals surface area contributed by atoms with Crippen LogP contribution in [-0.4, -0.2) is 0 Å². The Labute approximate surface area is 175 Å². The van der Waals surface area contributed by atoms with Crippen molar-refractivity contribution in [3.63, 3.8) is 0 Å². The first kappa shape index (κ1) is 21.3. The van der Waals surface area contributed by atoms with Crippen molar-refractivity contribution in [2.75, 3.05) is 0 Å². The van der Waals surface area contributed by atoms with Gasteiger partial charge in [-0.3, -0.25) is 0 Å². The zero-order chi connectivity index (χ0) is 14.4. The standard InChI is InChI=1S/C21H19.2ClH.Hf/c1-14(2)17-11-12-19-18-10-6-5-9-16(18)13-20(19)21(17)15-7-3-4-8-15;;;/h3-7,9-14H,8H2,1-2H3;2*1H;/q-1;;;/p-2. The molecule has 1 aliphatic carbocycles. The Hall–Kier alpha value is -0.760. The quantitative estimate of drug-likeness (QED) is 0.334. The molecule has 0 N–H and O–H groups in total. The van der Waals surface area contributed by atoms with Crippen LogP contribution >= 0.6 is 0 Å². The molecule has 0 radical (unpaired) electrons. The second-order valence-corrected chi connectivity index (χ2v) is 6.20. The molecule has 4 rings (SSSR count). The molecule has 0 spiro atoms. The third-order valence-electron chi connectivity index (χ3n) is 4.54. The molecule has 0 nitrogen and oxygen atoms in total. The van der Waals surface area contributed by atoms with Crippen molar-refractivity contribution in [1.29, 1.82) is 0 Å². The number of hydrogen-bond donors (Lipinski definition) is 0. The van der Waals surface area contributed by atoms with Crippen LogP contribution in [0.2, 0.25) is 0 Å². The smallest absolute Gasteiger partial charge is 0 e. The van der Waals surface area contributed by atoms with Gasteiger partial charge in [-0.1, -0.05) is 79.1 Å². The summed E-state index contributed by atoms with van der Waals surface area (Å²) in [7, 11) is 0. The third-order valence-corrected chi connectivity index (χ3v) is 4.54. The Balaban J connectivity index is 0.000000960. The fraction of sp³-hybridized carbons (Fsp3) is 0.190. The minimum absolute atomic E-state index is 0. The number of benzene rings is 2. The fourth-order valence-electron chi connectivity index (χ4n) is 3.52. The summed E-state index contributed by atoms with van der Waals surface area (Å²) in [6.45, 7) is 4.58. The fourth-order valence-corrected chi connectivity index (χ4v) is 3.52. The van der Waals surface area contributed by atoms with E-state index in [0.29, 0.717) is 5.92 Å². The predicted octanol–water partition coefficient (Wildman–Crippen LogP) is 0.184. The van der Waals surface area contributed by atoms with Crippen molar-refractivity contribution >= 4 is 27.1 Å². The van der Waals surface area contributed by atoms with E-state index < -0.39 is 0 Å². The zero-order valence-electron chi connectivity index (χ0n) is 13.8. The van der Waals surface area contributed by atoms with E-state index in [1.165, 1.54) is 38.2 Å². The molecule has 0 saturated heterocycles. The molecule has 3 heteroatoms. The van der Waals surface area contributed by atoms with Crippen molar-refractivity contribution in [2.45, 2.75) is 26.2 Å². The van der Waals surface area contributed by atoms with E-state index in [4.69, 9.17) is 0 Å². The van der Waals surface area contributed by atoms with Gasteiger partial charge in [0.05, 0.1) is 0 Å². The van der Waals surface area contributed by atoms with Gasteiger partial charge in [0.1, 0.15) is 0 Å². The first-order valence-electron chi connectivity index (χ1n) is 7.73. The van der Waals surface area contributed by atoms with Gasteiger partial charge >= 0.3 is 0 Å². The minimum atomic E-state index is 0. The molecule has 0 aliphatic heterocycles. The van der Waals surface area contributed by atoms with Crippen LogP contribution in [0.1, 0.15) is 37.3 Å². The summed E-state index contributed by atoms with van der Waals surface area (Å²) in [5, 5.41) is 5.52. The van der Waals surface area contributed by atoms with Gasteiger partial charge in [0, 0.05) is 25.8 Å². The Kier molecular flexibility index (Phi) is 7.59. The summed E-state index contributed by atoms with van der Waals surface area (Å²) in [5.74, 6) is 0.545. The first-order valence-corrected chi connectivity index (χ1v) is 7.73. The van der Waals surface area contributed by atoms with E-state index in [2.05, 4.69) is 74.5 Å². The van der Waals surface area contributed by atoms with Gasteiger partial charge in [-0.05, 0) is 12.3 Å². The summed E-state index contributed by atoms with van der Waals surface area (Å²) in [4.78, 5) is 0. The molecular formula is C21H19Cl2Hf-3. The Morgan fingerprint density at radius 1 is 0.958 bits per heavy atom. The average Bonchev–Trinajstić information content (AvgIpc) is 3.13. The van der Waals surface area contributed by atoms with E-state index in [1.54, 1.807) is 0 Å². The molecule has 3 aromatic carbocycles. The number of rotatable bonds is 2. The molecule has 0 fully saturated rings. The Morgan fingerprint density at radius 2 is 1.71 bits per heavy atom. The van der Waals surface area contributed by atoms with Crippen molar-refractivity contribution < 1.29 is 50.7 Å². The monoisotopic (exact) mass is 521 g/mol. The normalized spacial score (nSPS) is 12.7. The SMILES string of the molecule is CC(C)c1ccc2c([cH-]c3ccccc32)c1C1=CC=CC1.[Cl-].[Cl-].[Hf]. The predicted molar refractivity (Wildman–Crippen MR) is 92.9 cm³/mol. The molecule has 0 unspecified atom stereocenters. The van der Waals surface area contributed by atoms with Crippen molar-refractivity contribution in [3.05, 3.63) is 71.8 Å². The first-order chi connectivity index (χ1) is 10.3. The summed E-state index contributed by atoms with van der Waals surface area (Å²) in [5.41, 5.74) is 4.39. The maximum Gasteiger partial charge on any atom is 0 e. The van der Waals surface area contributed by atoms with Gasteiger partial charge in [-0.25, -0.2) is 0 Å². The molecule has 24 heavy (non-hydrogen) atoms. The van der Waals surface area contributed by atoms with Crippen molar-refractivity contribution in [3.8, 4) is 0 Å². The van der Waals surface area contributed by atoms with Gasteiger partial charge in [-0.2, -0.15) is 0 Å². The van der Waals surface area contributed by atoms with E-state index >= 15 is 0 Å². The third kappa shape index (κ3) is 3.45. The Morgan fingerprint density at radius 3 is 2.38 bits per heavy atom. The van der Waals surface area contributed by atoms with E-state index in [1.807, 2.05) is 0 Å².